The smallest absolute Gasteiger partial charge is 0.251 e. The molecule has 2 aromatic carbocycles. The van der Waals surface area contributed by atoms with Gasteiger partial charge in [0.25, 0.3) is 5.91 Å². The normalized spacial score (nSPS) is 12.7. The van der Waals surface area contributed by atoms with Gasteiger partial charge in [-0.15, -0.1) is 0 Å². The number of aryl methyl sites for hydroxylation is 1. The Morgan fingerprint density at radius 1 is 1.12 bits per heavy atom. The van der Waals surface area contributed by atoms with Crippen LogP contribution < -0.4 is 16.0 Å². The van der Waals surface area contributed by atoms with Crippen LogP contribution in [-0.2, 0) is 11.2 Å². The summed E-state index contributed by atoms with van der Waals surface area (Å²) in [6.45, 7) is 2.44. The van der Waals surface area contributed by atoms with Gasteiger partial charge in [-0.3, -0.25) is 19.1 Å². The Hall–Kier alpha value is -4.20. The van der Waals surface area contributed by atoms with Crippen molar-refractivity contribution in [3.05, 3.63) is 65.9 Å². The summed E-state index contributed by atoms with van der Waals surface area (Å²) >= 11 is 0. The van der Waals surface area contributed by atoms with Crippen LogP contribution in [0.2, 0.25) is 0 Å². The van der Waals surface area contributed by atoms with Crippen LogP contribution in [0.3, 0.4) is 0 Å². The van der Waals surface area contributed by atoms with Gasteiger partial charge in [0.2, 0.25) is 5.91 Å². The molecule has 3 heterocycles. The lowest BCUT2D eigenvalue weighted by atomic mass is 10.0. The van der Waals surface area contributed by atoms with E-state index >= 15 is 0 Å². The third-order valence-corrected chi connectivity index (χ3v) is 5.76. The van der Waals surface area contributed by atoms with E-state index in [1.807, 2.05) is 10.6 Å². The number of anilines is 2. The highest BCUT2D eigenvalue weighted by molar-refractivity contribution is 5.99. The molecule has 1 aliphatic rings. The topological polar surface area (TPSA) is 101 Å². The monoisotopic (exact) mass is 440 g/mol. The zero-order valence-corrected chi connectivity index (χ0v) is 18.5. The molecule has 0 spiro atoms. The van der Waals surface area contributed by atoms with Crippen molar-refractivity contribution in [3.63, 3.8) is 0 Å². The quantitative estimate of drug-likeness (QED) is 0.449. The highest BCUT2D eigenvalue weighted by atomic mass is 16.2. The van der Waals surface area contributed by atoms with E-state index in [0.717, 1.165) is 36.3 Å². The molecular formula is C25H24N6O2. The predicted octanol–water partition coefficient (Wildman–Crippen LogP) is 3.76. The van der Waals surface area contributed by atoms with E-state index in [0.29, 0.717) is 28.3 Å². The minimum absolute atomic E-state index is 0.176. The zero-order chi connectivity index (χ0) is 22.9. The van der Waals surface area contributed by atoms with Gasteiger partial charge < -0.3 is 16.0 Å². The van der Waals surface area contributed by atoms with Crippen molar-refractivity contribution < 1.29 is 9.59 Å². The maximum absolute atomic E-state index is 12.2. The third kappa shape index (κ3) is 3.80. The van der Waals surface area contributed by atoms with E-state index in [9.17, 15) is 9.59 Å². The molecule has 8 heteroatoms. The molecule has 2 amide bonds. The number of benzene rings is 2. The number of rotatable bonds is 4. The largest absolute Gasteiger partial charge is 0.385 e. The summed E-state index contributed by atoms with van der Waals surface area (Å²) in [5.41, 5.74) is 6.52. The molecule has 4 aromatic rings. The minimum atomic E-state index is -0.186. The summed E-state index contributed by atoms with van der Waals surface area (Å²) in [6, 6.07) is 15.3. The van der Waals surface area contributed by atoms with Crippen molar-refractivity contribution in [1.82, 2.24) is 19.9 Å². The first kappa shape index (κ1) is 20.7. The highest BCUT2D eigenvalue weighted by Gasteiger charge is 2.21. The molecule has 3 N–H and O–H groups in total. The number of nitrogens with one attached hydrogen (secondary N) is 3. The van der Waals surface area contributed by atoms with Gasteiger partial charge in [0.15, 0.2) is 5.82 Å². The molecule has 2 aromatic heterocycles. The molecule has 0 saturated carbocycles. The zero-order valence-electron chi connectivity index (χ0n) is 18.5. The van der Waals surface area contributed by atoms with Gasteiger partial charge in [-0.1, -0.05) is 0 Å². The van der Waals surface area contributed by atoms with Crippen molar-refractivity contribution in [2.45, 2.75) is 19.8 Å². The number of carbonyl (C=O) groups is 2. The molecule has 0 unspecified atom stereocenters. The summed E-state index contributed by atoms with van der Waals surface area (Å²) in [7, 11) is 1.60. The number of nitrogens with zero attached hydrogens (tertiary/aromatic N) is 3. The first-order valence-corrected chi connectivity index (χ1v) is 10.9. The van der Waals surface area contributed by atoms with Crippen LogP contribution in [-0.4, -0.2) is 39.9 Å². The molecule has 0 atom stereocenters. The molecule has 166 valence electrons. The standard InChI is InChI=1S/C25H24N6O2/c1-15(32)29-20-6-4-12-28-23(20)24-30-21-14-17(25(33)26-2)7-10-22(21)31(24)18-8-9-19-16(13-18)5-3-11-27-19/h4,6-10,12-14,27H,3,5,11H2,1-2H3,(H,26,33)(H,29,32). The second-order valence-corrected chi connectivity index (χ2v) is 8.01. The Balaban J connectivity index is 1.77. The molecule has 1 aliphatic heterocycles. The summed E-state index contributed by atoms with van der Waals surface area (Å²) in [6.07, 6.45) is 3.76. The van der Waals surface area contributed by atoms with Gasteiger partial charge in [0.05, 0.1) is 16.7 Å². The number of carbonyl (C=O) groups excluding carboxylic acids is 2. The number of imidazole rings is 1. The van der Waals surface area contributed by atoms with E-state index in [1.165, 1.54) is 12.5 Å². The Labute approximate surface area is 191 Å². The molecule has 0 bridgehead atoms. The van der Waals surface area contributed by atoms with Crippen LogP contribution in [0.4, 0.5) is 11.4 Å². The average Bonchev–Trinajstić information content (AvgIpc) is 3.21. The van der Waals surface area contributed by atoms with Crippen LogP contribution in [0.25, 0.3) is 28.2 Å². The fourth-order valence-corrected chi connectivity index (χ4v) is 4.26. The number of amides is 2. The third-order valence-electron chi connectivity index (χ3n) is 5.76. The maximum atomic E-state index is 12.2. The predicted molar refractivity (Wildman–Crippen MR) is 129 cm³/mol. The Morgan fingerprint density at radius 2 is 2.00 bits per heavy atom. The Bertz CT molecular complexity index is 1390. The summed E-state index contributed by atoms with van der Waals surface area (Å²) < 4.78 is 2.03. The van der Waals surface area contributed by atoms with Crippen molar-refractivity contribution in [2.75, 3.05) is 24.2 Å². The average molecular weight is 441 g/mol. The van der Waals surface area contributed by atoms with Crippen LogP contribution in [0.5, 0.6) is 0 Å². The van der Waals surface area contributed by atoms with Gasteiger partial charge in [0.1, 0.15) is 5.69 Å². The molecule has 0 saturated heterocycles. The Morgan fingerprint density at radius 3 is 2.82 bits per heavy atom. The molecule has 5 rings (SSSR count). The van der Waals surface area contributed by atoms with E-state index in [-0.39, 0.29) is 11.8 Å². The molecule has 0 aliphatic carbocycles. The van der Waals surface area contributed by atoms with E-state index < -0.39 is 0 Å². The van der Waals surface area contributed by atoms with Crippen molar-refractivity contribution >= 4 is 34.2 Å². The maximum Gasteiger partial charge on any atom is 0.251 e. The van der Waals surface area contributed by atoms with Crippen LogP contribution >= 0.6 is 0 Å². The number of aromatic nitrogens is 3. The Kier molecular flexibility index (Phi) is 5.26. The lowest BCUT2D eigenvalue weighted by molar-refractivity contribution is -0.114. The second-order valence-electron chi connectivity index (χ2n) is 8.01. The molecule has 0 fully saturated rings. The van der Waals surface area contributed by atoms with Gasteiger partial charge >= 0.3 is 0 Å². The first-order chi connectivity index (χ1) is 16.0. The van der Waals surface area contributed by atoms with Crippen molar-refractivity contribution in [2.24, 2.45) is 0 Å². The van der Waals surface area contributed by atoms with E-state index in [4.69, 9.17) is 4.98 Å². The van der Waals surface area contributed by atoms with Crippen molar-refractivity contribution in [3.8, 4) is 17.2 Å². The fraction of sp³-hybridized carbons (Fsp3) is 0.200. The minimum Gasteiger partial charge on any atom is -0.385 e. The molecule has 0 radical (unpaired) electrons. The van der Waals surface area contributed by atoms with Gasteiger partial charge in [-0.25, -0.2) is 4.98 Å². The summed E-state index contributed by atoms with van der Waals surface area (Å²) in [5.74, 6) is 0.227. The SMILES string of the molecule is CNC(=O)c1ccc2c(c1)nc(-c1ncccc1NC(C)=O)n2-c1ccc2c(c1)CCCN2. The fourth-order valence-electron chi connectivity index (χ4n) is 4.26. The lowest BCUT2D eigenvalue weighted by Gasteiger charge is -2.20. The van der Waals surface area contributed by atoms with Gasteiger partial charge in [-0.2, -0.15) is 0 Å². The summed E-state index contributed by atoms with van der Waals surface area (Å²) in [5, 5.41) is 8.96. The highest BCUT2D eigenvalue weighted by Crippen LogP contribution is 2.34. The van der Waals surface area contributed by atoms with Gasteiger partial charge in [-0.05, 0) is 66.9 Å². The van der Waals surface area contributed by atoms with Crippen molar-refractivity contribution in [1.29, 1.82) is 0 Å². The number of hydrogen-bond acceptors (Lipinski definition) is 5. The molecule has 33 heavy (non-hydrogen) atoms. The van der Waals surface area contributed by atoms with Crippen LogP contribution in [0.15, 0.2) is 54.7 Å². The van der Waals surface area contributed by atoms with Gasteiger partial charge in [0, 0.05) is 43.7 Å². The number of fused-ring (bicyclic) bond motifs is 2. The van der Waals surface area contributed by atoms with Crippen LogP contribution in [0, 0.1) is 0 Å². The number of pyridine rings is 1. The van der Waals surface area contributed by atoms with E-state index in [2.05, 4.69) is 39.1 Å². The number of hydrogen-bond donors (Lipinski definition) is 3. The first-order valence-electron chi connectivity index (χ1n) is 10.9. The molecular weight excluding hydrogens is 416 g/mol. The second kappa shape index (κ2) is 8.38. The van der Waals surface area contributed by atoms with Crippen LogP contribution in [0.1, 0.15) is 29.3 Å². The summed E-state index contributed by atoms with van der Waals surface area (Å²) in [4.78, 5) is 33.5. The van der Waals surface area contributed by atoms with E-state index in [1.54, 1.807) is 37.5 Å². The lowest BCUT2D eigenvalue weighted by Crippen LogP contribution is -2.17. The molecule has 8 nitrogen and oxygen atoms in total.